The lowest BCUT2D eigenvalue weighted by Gasteiger charge is -2.27. The number of hydrogen-bond acceptors (Lipinski definition) is 14. The zero-order valence-electron chi connectivity index (χ0n) is 34.9. The van der Waals surface area contributed by atoms with Crippen LogP contribution in [0, 0.1) is 23.7 Å². The summed E-state index contributed by atoms with van der Waals surface area (Å²) in [4.78, 5) is 115. The molecule has 0 fully saturated rings. The van der Waals surface area contributed by atoms with Crippen LogP contribution >= 0.6 is 0 Å². The molecule has 0 aromatic carbocycles. The van der Waals surface area contributed by atoms with Crippen LogP contribution in [0.4, 0.5) is 0 Å². The minimum absolute atomic E-state index is 0.0362. The van der Waals surface area contributed by atoms with Gasteiger partial charge in [0.15, 0.2) is 0 Å². The average molecular weight is 848 g/mol. The number of aliphatic hydroxyl groups is 4. The SMILES string of the molecule is CC(C)C[C@H](NC(=O)[C@H](CO)NC(=O)CNC(=O)[C@H](CC(C)C)NC(=O)[C@@H](NC(=O)[C@@H](N)CO)C(C)C)C(=O)N[C@@H](CO)C(=O)N[C@@H](CO)C(=O)N[C@H](C(=O)O)C(C)C. The van der Waals surface area contributed by atoms with Crippen LogP contribution in [0.25, 0.3) is 0 Å². The molecule has 0 saturated carbocycles. The second-order valence-electron chi connectivity index (χ2n) is 15.5. The van der Waals surface area contributed by atoms with E-state index in [1.165, 1.54) is 13.8 Å². The van der Waals surface area contributed by atoms with E-state index < -0.39 is 146 Å². The summed E-state index contributed by atoms with van der Waals surface area (Å²) in [6.07, 6.45) is 0.0855. The predicted molar refractivity (Wildman–Crippen MR) is 209 cm³/mol. The Kier molecular flexibility index (Phi) is 24.6. The van der Waals surface area contributed by atoms with Gasteiger partial charge in [-0.05, 0) is 36.5 Å². The van der Waals surface area contributed by atoms with Crippen molar-refractivity contribution < 1.29 is 68.7 Å². The minimum Gasteiger partial charge on any atom is -0.480 e. The maximum atomic E-state index is 13.3. The van der Waals surface area contributed by atoms with Crippen LogP contribution in [0.15, 0.2) is 0 Å². The molecule has 0 unspecified atom stereocenters. The zero-order chi connectivity index (χ0) is 45.7. The van der Waals surface area contributed by atoms with E-state index in [0.29, 0.717) is 0 Å². The highest BCUT2D eigenvalue weighted by molar-refractivity contribution is 5.97. The molecule has 0 bridgehead atoms. The summed E-state index contributed by atoms with van der Waals surface area (Å²) in [5.41, 5.74) is 5.54. The number of nitrogens with two attached hydrogens (primary N) is 1. The Morgan fingerprint density at radius 3 is 1.19 bits per heavy atom. The van der Waals surface area contributed by atoms with Crippen molar-refractivity contribution in [3.63, 3.8) is 0 Å². The van der Waals surface area contributed by atoms with Crippen molar-refractivity contribution in [2.75, 3.05) is 33.0 Å². The Morgan fingerprint density at radius 2 is 0.797 bits per heavy atom. The molecule has 0 aromatic rings. The molecule has 338 valence electrons. The van der Waals surface area contributed by atoms with Gasteiger partial charge >= 0.3 is 5.97 Å². The Morgan fingerprint density at radius 1 is 0.441 bits per heavy atom. The van der Waals surface area contributed by atoms with Gasteiger partial charge in [0.2, 0.25) is 47.3 Å². The first-order valence-corrected chi connectivity index (χ1v) is 19.2. The largest absolute Gasteiger partial charge is 0.480 e. The Bertz CT molecular complexity index is 1450. The first-order valence-electron chi connectivity index (χ1n) is 19.2. The molecule has 0 rings (SSSR count). The highest BCUT2D eigenvalue weighted by Gasteiger charge is 2.34. The first-order chi connectivity index (χ1) is 27.4. The van der Waals surface area contributed by atoms with Crippen LogP contribution in [-0.4, -0.2) is 160 Å². The van der Waals surface area contributed by atoms with Gasteiger partial charge in [-0.2, -0.15) is 0 Å². The van der Waals surface area contributed by atoms with Crippen molar-refractivity contribution in [2.45, 2.75) is 117 Å². The van der Waals surface area contributed by atoms with Gasteiger partial charge in [-0.25, -0.2) is 4.79 Å². The third-order valence-corrected chi connectivity index (χ3v) is 8.58. The van der Waals surface area contributed by atoms with E-state index >= 15 is 0 Å². The summed E-state index contributed by atoms with van der Waals surface area (Å²) in [6.45, 7) is 8.98. The van der Waals surface area contributed by atoms with Gasteiger partial charge < -0.3 is 73.8 Å². The van der Waals surface area contributed by atoms with Gasteiger partial charge in [0.05, 0.1) is 33.0 Å². The fourth-order valence-corrected chi connectivity index (χ4v) is 5.25. The number of amides is 8. The third-order valence-electron chi connectivity index (χ3n) is 8.58. The smallest absolute Gasteiger partial charge is 0.326 e. The molecule has 23 heteroatoms. The van der Waals surface area contributed by atoms with Gasteiger partial charge in [-0.3, -0.25) is 38.4 Å². The summed E-state index contributed by atoms with van der Waals surface area (Å²) < 4.78 is 0. The highest BCUT2D eigenvalue weighted by atomic mass is 16.4. The standard InChI is InChI=1S/C36H65N9O14/c1-16(2)9-21(41-35(57)27(18(5)6)44-29(51)20(37)12-46)30(52)38-11-26(50)39-23(13-47)32(54)40-22(10-17(3)4)31(53)42-24(14-48)33(55)43-25(15-49)34(56)45-28(19(7)8)36(58)59/h16-25,27-28,46-49H,9-15,37H2,1-8H3,(H,38,52)(H,39,50)(H,40,54)(H,41,57)(H,42,53)(H,43,55)(H,44,51)(H,45,56)(H,58,59)/t20-,21-,22-,23-,24-,25-,27-,28-/m0/s1. The molecule has 23 nitrogen and oxygen atoms in total. The topological polar surface area (TPSA) is 377 Å². The van der Waals surface area contributed by atoms with Crippen LogP contribution < -0.4 is 48.3 Å². The lowest BCUT2D eigenvalue weighted by Crippen LogP contribution is -2.61. The summed E-state index contributed by atoms with van der Waals surface area (Å²) in [7, 11) is 0. The van der Waals surface area contributed by atoms with E-state index in [0.717, 1.165) is 0 Å². The van der Waals surface area contributed by atoms with Crippen LogP contribution in [0.3, 0.4) is 0 Å². The second-order valence-corrected chi connectivity index (χ2v) is 15.5. The van der Waals surface area contributed by atoms with Gasteiger partial charge in [-0.15, -0.1) is 0 Å². The Hall–Kier alpha value is -4.97. The molecule has 0 saturated heterocycles. The van der Waals surface area contributed by atoms with Crippen molar-refractivity contribution in [1.82, 2.24) is 42.5 Å². The molecule has 0 aliphatic heterocycles. The van der Waals surface area contributed by atoms with Crippen molar-refractivity contribution in [3.05, 3.63) is 0 Å². The summed E-state index contributed by atoms with van der Waals surface area (Å²) in [5, 5.41) is 66.5. The van der Waals surface area contributed by atoms with Crippen LogP contribution in [0.1, 0.15) is 68.2 Å². The lowest BCUT2D eigenvalue weighted by molar-refractivity contribution is -0.144. The molecule has 0 heterocycles. The molecule has 8 atom stereocenters. The Labute approximate surface area is 343 Å². The second kappa shape index (κ2) is 26.9. The van der Waals surface area contributed by atoms with Gasteiger partial charge in [0, 0.05) is 0 Å². The van der Waals surface area contributed by atoms with Crippen molar-refractivity contribution in [1.29, 1.82) is 0 Å². The van der Waals surface area contributed by atoms with Crippen molar-refractivity contribution in [2.24, 2.45) is 29.4 Å². The molecule has 59 heavy (non-hydrogen) atoms. The van der Waals surface area contributed by atoms with Crippen LogP contribution in [0.5, 0.6) is 0 Å². The zero-order valence-corrected chi connectivity index (χ0v) is 34.9. The maximum absolute atomic E-state index is 13.3. The average Bonchev–Trinajstić information content (AvgIpc) is 3.15. The number of hydrogen-bond donors (Lipinski definition) is 14. The molecule has 0 radical (unpaired) electrons. The van der Waals surface area contributed by atoms with Crippen LogP contribution in [0.2, 0.25) is 0 Å². The number of nitrogens with one attached hydrogen (secondary N) is 8. The molecule has 0 aliphatic carbocycles. The number of rotatable bonds is 27. The van der Waals surface area contributed by atoms with Gasteiger partial charge in [0.25, 0.3) is 0 Å². The van der Waals surface area contributed by atoms with E-state index in [1.807, 2.05) is 0 Å². The van der Waals surface area contributed by atoms with E-state index in [2.05, 4.69) is 42.5 Å². The molecule has 0 aromatic heterocycles. The highest BCUT2D eigenvalue weighted by Crippen LogP contribution is 2.09. The van der Waals surface area contributed by atoms with Gasteiger partial charge in [0.1, 0.15) is 48.3 Å². The molecular weight excluding hydrogens is 782 g/mol. The van der Waals surface area contributed by atoms with E-state index in [-0.39, 0.29) is 24.7 Å². The van der Waals surface area contributed by atoms with Crippen molar-refractivity contribution >= 4 is 53.2 Å². The molecule has 0 spiro atoms. The molecule has 15 N–H and O–H groups in total. The van der Waals surface area contributed by atoms with E-state index in [4.69, 9.17) is 5.73 Å². The monoisotopic (exact) mass is 847 g/mol. The number of aliphatic carboxylic acids is 1. The molecule has 0 aliphatic rings. The number of carbonyl (C=O) groups excluding carboxylic acids is 8. The summed E-state index contributed by atoms with van der Waals surface area (Å²) >= 11 is 0. The molecule has 8 amide bonds. The maximum Gasteiger partial charge on any atom is 0.326 e. The first kappa shape index (κ1) is 54.0. The van der Waals surface area contributed by atoms with Crippen LogP contribution in [-0.2, 0) is 43.2 Å². The summed E-state index contributed by atoms with van der Waals surface area (Å²) in [6, 6.07) is -11.3. The van der Waals surface area contributed by atoms with E-state index in [9.17, 15) is 68.7 Å². The minimum atomic E-state index is -1.71. The van der Waals surface area contributed by atoms with Gasteiger partial charge in [-0.1, -0.05) is 55.4 Å². The number of carboxylic acids is 1. The normalized spacial score (nSPS) is 15.4. The number of carboxylic acid groups (broad SMARTS) is 1. The quantitative estimate of drug-likeness (QED) is 0.0366. The Balaban J connectivity index is 5.71. The fourth-order valence-electron chi connectivity index (χ4n) is 5.25. The van der Waals surface area contributed by atoms with E-state index in [1.54, 1.807) is 41.5 Å². The molecular formula is C36H65N9O14. The predicted octanol–water partition coefficient (Wildman–Crippen LogP) is -5.72. The fraction of sp³-hybridized carbons (Fsp3) is 0.750. The number of carbonyl (C=O) groups is 9. The summed E-state index contributed by atoms with van der Waals surface area (Å²) in [5.74, 6) is -10.2. The van der Waals surface area contributed by atoms with Crippen molar-refractivity contribution in [3.8, 4) is 0 Å². The lowest BCUT2D eigenvalue weighted by atomic mass is 9.99. The number of aliphatic hydroxyl groups excluding tert-OH is 4. The third kappa shape index (κ3) is 19.6.